The van der Waals surface area contributed by atoms with Crippen LogP contribution in [0.2, 0.25) is 0 Å². The smallest absolute Gasteiger partial charge is 0.380 e. The first kappa shape index (κ1) is 15.8. The molecule has 0 spiro atoms. The average Bonchev–Trinajstić information content (AvgIpc) is 2.84. The zero-order chi connectivity index (χ0) is 15.3. The minimum absolute atomic E-state index is 0.0919. The number of rotatable bonds is 6. The molecule has 0 fully saturated rings. The minimum atomic E-state index is -4.28. The zero-order valence-electron chi connectivity index (χ0n) is 11.7. The highest BCUT2D eigenvalue weighted by molar-refractivity contribution is 8.00. The molecule has 0 unspecified atom stereocenters. The van der Waals surface area contributed by atoms with Crippen LogP contribution < -0.4 is 5.32 Å². The van der Waals surface area contributed by atoms with E-state index < -0.39 is 5.51 Å². The van der Waals surface area contributed by atoms with Crippen LogP contribution in [0.25, 0.3) is 0 Å². The Labute approximate surface area is 126 Å². The van der Waals surface area contributed by atoms with Crippen LogP contribution in [0, 0.1) is 0 Å². The third kappa shape index (κ3) is 5.04. The predicted octanol–water partition coefficient (Wildman–Crippen LogP) is 5.12. The van der Waals surface area contributed by atoms with Gasteiger partial charge < -0.3 is 9.88 Å². The van der Waals surface area contributed by atoms with Crippen LogP contribution in [0.1, 0.15) is 18.9 Å². The lowest BCUT2D eigenvalue weighted by atomic mass is 10.3. The second-order valence-corrected chi connectivity index (χ2v) is 5.76. The number of aryl methyl sites for hydroxylation is 1. The Morgan fingerprint density at radius 1 is 1.19 bits per heavy atom. The van der Waals surface area contributed by atoms with E-state index in [0.717, 1.165) is 18.5 Å². The van der Waals surface area contributed by atoms with Crippen molar-refractivity contribution >= 4 is 17.4 Å². The lowest BCUT2D eigenvalue weighted by Gasteiger charge is -2.12. The van der Waals surface area contributed by atoms with E-state index in [0.29, 0.717) is 12.2 Å². The molecule has 21 heavy (non-hydrogen) atoms. The first-order chi connectivity index (χ1) is 9.98. The molecule has 114 valence electrons. The Hall–Kier alpha value is -1.56. The summed E-state index contributed by atoms with van der Waals surface area (Å²) in [6.45, 7) is 3.55. The fourth-order valence-electron chi connectivity index (χ4n) is 2.02. The topological polar surface area (TPSA) is 17.0 Å². The molecule has 1 N–H and O–H groups in total. The maximum atomic E-state index is 12.5. The second kappa shape index (κ2) is 6.93. The van der Waals surface area contributed by atoms with Gasteiger partial charge in [0.25, 0.3) is 0 Å². The van der Waals surface area contributed by atoms with E-state index in [9.17, 15) is 13.2 Å². The molecular formula is C15H17F3N2S. The molecular weight excluding hydrogens is 297 g/mol. The molecule has 2 nitrogen and oxygen atoms in total. The molecule has 1 aromatic carbocycles. The summed E-state index contributed by atoms with van der Waals surface area (Å²) in [7, 11) is 0. The maximum absolute atomic E-state index is 12.5. The average molecular weight is 314 g/mol. The zero-order valence-corrected chi connectivity index (χ0v) is 12.5. The van der Waals surface area contributed by atoms with Crippen molar-refractivity contribution in [2.45, 2.75) is 36.8 Å². The van der Waals surface area contributed by atoms with Gasteiger partial charge in [0.1, 0.15) is 0 Å². The molecule has 0 saturated heterocycles. The molecule has 0 aliphatic heterocycles. The summed E-state index contributed by atoms with van der Waals surface area (Å²) in [6.07, 6.45) is 5.04. The third-order valence-electron chi connectivity index (χ3n) is 2.89. The lowest BCUT2D eigenvalue weighted by molar-refractivity contribution is -0.0327. The molecule has 1 aromatic heterocycles. The summed E-state index contributed by atoms with van der Waals surface area (Å²) in [6, 6.07) is 8.45. The molecule has 0 aliphatic carbocycles. The van der Waals surface area contributed by atoms with E-state index >= 15 is 0 Å². The molecule has 2 aromatic rings. The van der Waals surface area contributed by atoms with Gasteiger partial charge in [-0.3, -0.25) is 0 Å². The van der Waals surface area contributed by atoms with Crippen molar-refractivity contribution in [2.24, 2.45) is 0 Å². The Bertz CT molecular complexity index is 578. The molecule has 2 rings (SSSR count). The summed E-state index contributed by atoms with van der Waals surface area (Å²) < 4.78 is 39.6. The van der Waals surface area contributed by atoms with Crippen LogP contribution in [0.5, 0.6) is 0 Å². The molecule has 0 saturated carbocycles. The van der Waals surface area contributed by atoms with E-state index in [1.807, 2.05) is 18.5 Å². The Morgan fingerprint density at radius 2 is 1.95 bits per heavy atom. The first-order valence-corrected chi connectivity index (χ1v) is 7.53. The number of hydrogen-bond acceptors (Lipinski definition) is 2. The Kier molecular flexibility index (Phi) is 5.22. The molecule has 0 amide bonds. The van der Waals surface area contributed by atoms with Crippen molar-refractivity contribution < 1.29 is 13.2 Å². The second-order valence-electron chi connectivity index (χ2n) is 4.66. The molecule has 0 atom stereocenters. The van der Waals surface area contributed by atoms with Crippen molar-refractivity contribution in [1.29, 1.82) is 0 Å². The van der Waals surface area contributed by atoms with E-state index in [2.05, 4.69) is 16.8 Å². The monoisotopic (exact) mass is 314 g/mol. The van der Waals surface area contributed by atoms with Gasteiger partial charge in [0.15, 0.2) is 0 Å². The van der Waals surface area contributed by atoms with Crippen LogP contribution in [0.15, 0.2) is 47.6 Å². The number of hydrogen-bond donors (Lipinski definition) is 1. The van der Waals surface area contributed by atoms with E-state index in [-0.39, 0.29) is 16.7 Å². The summed E-state index contributed by atoms with van der Waals surface area (Å²) >= 11 is -0.0919. The van der Waals surface area contributed by atoms with Gasteiger partial charge >= 0.3 is 5.51 Å². The first-order valence-electron chi connectivity index (χ1n) is 6.71. The van der Waals surface area contributed by atoms with Gasteiger partial charge in [0.05, 0.1) is 0 Å². The summed E-state index contributed by atoms with van der Waals surface area (Å²) in [5.74, 6) is 0. The van der Waals surface area contributed by atoms with Crippen LogP contribution >= 0.6 is 11.8 Å². The standard InChI is InChI=1S/C15H17F3N2S/c1-2-8-20-9-7-12(11-20)10-19-13-5-3-4-6-14(13)21-15(16,17)18/h3-7,9,11,19H,2,8,10H2,1H3. The van der Waals surface area contributed by atoms with Crippen molar-refractivity contribution in [2.75, 3.05) is 5.32 Å². The van der Waals surface area contributed by atoms with Crippen LogP contribution in [-0.2, 0) is 13.1 Å². The SMILES string of the molecule is CCCn1ccc(CNc2ccccc2SC(F)(F)F)c1. The number of nitrogens with one attached hydrogen (secondary N) is 1. The minimum Gasteiger partial charge on any atom is -0.380 e. The number of aromatic nitrogens is 1. The maximum Gasteiger partial charge on any atom is 0.446 e. The number of anilines is 1. The number of halogens is 3. The van der Waals surface area contributed by atoms with Crippen molar-refractivity contribution in [3.8, 4) is 0 Å². The fourth-order valence-corrected chi connectivity index (χ4v) is 2.66. The number of benzene rings is 1. The van der Waals surface area contributed by atoms with E-state index in [1.54, 1.807) is 18.2 Å². The normalized spacial score (nSPS) is 11.6. The van der Waals surface area contributed by atoms with Gasteiger partial charge in [-0.2, -0.15) is 13.2 Å². The van der Waals surface area contributed by atoms with Gasteiger partial charge in [-0.05, 0) is 41.9 Å². The number of thioether (sulfide) groups is 1. The van der Waals surface area contributed by atoms with Crippen molar-refractivity contribution in [1.82, 2.24) is 4.57 Å². The highest BCUT2D eigenvalue weighted by Gasteiger charge is 2.30. The van der Waals surface area contributed by atoms with Crippen LogP contribution in [0.4, 0.5) is 18.9 Å². The van der Waals surface area contributed by atoms with Crippen LogP contribution in [0.3, 0.4) is 0 Å². The molecule has 0 bridgehead atoms. The molecule has 6 heteroatoms. The predicted molar refractivity (Wildman–Crippen MR) is 80.4 cm³/mol. The molecule has 0 aliphatic rings. The van der Waals surface area contributed by atoms with Gasteiger partial charge in [-0.15, -0.1) is 0 Å². The Balaban J connectivity index is 2.02. The van der Waals surface area contributed by atoms with Gasteiger partial charge in [-0.25, -0.2) is 0 Å². The van der Waals surface area contributed by atoms with Gasteiger partial charge in [-0.1, -0.05) is 19.1 Å². The Morgan fingerprint density at radius 3 is 2.67 bits per heavy atom. The summed E-state index contributed by atoms with van der Waals surface area (Å²) in [5, 5.41) is 3.07. The fraction of sp³-hybridized carbons (Fsp3) is 0.333. The van der Waals surface area contributed by atoms with Crippen LogP contribution in [-0.4, -0.2) is 10.1 Å². The number of nitrogens with zero attached hydrogens (tertiary/aromatic N) is 1. The number of para-hydroxylation sites is 1. The number of alkyl halides is 3. The van der Waals surface area contributed by atoms with Crippen molar-refractivity contribution in [3.63, 3.8) is 0 Å². The lowest BCUT2D eigenvalue weighted by Crippen LogP contribution is -2.04. The van der Waals surface area contributed by atoms with E-state index in [1.165, 1.54) is 6.07 Å². The summed E-state index contributed by atoms with van der Waals surface area (Å²) in [4.78, 5) is 0.193. The van der Waals surface area contributed by atoms with Crippen molar-refractivity contribution in [3.05, 3.63) is 48.3 Å². The van der Waals surface area contributed by atoms with E-state index in [4.69, 9.17) is 0 Å². The third-order valence-corrected chi connectivity index (χ3v) is 3.70. The molecule has 0 radical (unpaired) electrons. The molecule has 1 heterocycles. The highest BCUT2D eigenvalue weighted by atomic mass is 32.2. The highest BCUT2D eigenvalue weighted by Crippen LogP contribution is 2.40. The summed E-state index contributed by atoms with van der Waals surface area (Å²) in [5.41, 5.74) is -2.72. The quantitative estimate of drug-likeness (QED) is 0.745. The van der Waals surface area contributed by atoms with Gasteiger partial charge in [0, 0.05) is 36.1 Å². The van der Waals surface area contributed by atoms with Gasteiger partial charge in [0.2, 0.25) is 0 Å². The largest absolute Gasteiger partial charge is 0.446 e.